The quantitative estimate of drug-likeness (QED) is 0.427. The van der Waals surface area contributed by atoms with Crippen LogP contribution in [0.3, 0.4) is 0 Å². The zero-order chi connectivity index (χ0) is 28.9. The summed E-state index contributed by atoms with van der Waals surface area (Å²) in [5.41, 5.74) is 1.74. The number of carbonyl (C=O) groups is 2. The van der Waals surface area contributed by atoms with E-state index in [4.69, 9.17) is 9.72 Å². The van der Waals surface area contributed by atoms with Gasteiger partial charge in [-0.25, -0.2) is 9.78 Å². The summed E-state index contributed by atoms with van der Waals surface area (Å²) in [5, 5.41) is 30.2. The Morgan fingerprint density at radius 1 is 1.12 bits per heavy atom. The van der Waals surface area contributed by atoms with Gasteiger partial charge < -0.3 is 14.9 Å². The van der Waals surface area contributed by atoms with E-state index in [0.29, 0.717) is 11.4 Å². The summed E-state index contributed by atoms with van der Waals surface area (Å²) in [5.74, 6) is -0.0413. The fourth-order valence-electron chi connectivity index (χ4n) is 6.18. The molecule has 1 aromatic heterocycles. The number of rotatable bonds is 5. The number of fused-ring (bicyclic) bond motifs is 1. The van der Waals surface area contributed by atoms with Gasteiger partial charge in [0.15, 0.2) is 6.61 Å². The van der Waals surface area contributed by atoms with E-state index < -0.39 is 22.8 Å². The average molecular weight is 541 g/mol. The molecule has 5 rings (SSSR count). The van der Waals surface area contributed by atoms with E-state index in [9.17, 15) is 25.1 Å². The lowest BCUT2D eigenvalue weighted by molar-refractivity contribution is -0.152. The minimum atomic E-state index is -1.04. The van der Waals surface area contributed by atoms with Crippen molar-refractivity contribution in [3.05, 3.63) is 66.2 Å². The highest BCUT2D eigenvalue weighted by atomic mass is 16.5. The number of aromatic nitrogens is 1. The molecule has 40 heavy (non-hydrogen) atoms. The summed E-state index contributed by atoms with van der Waals surface area (Å²) in [6, 6.07) is 21.1. The van der Waals surface area contributed by atoms with Crippen molar-refractivity contribution in [3.8, 4) is 34.3 Å². The van der Waals surface area contributed by atoms with Crippen molar-refractivity contribution in [2.24, 2.45) is 0 Å². The Labute approximate surface area is 233 Å². The fraction of sp³-hybridized carbons (Fsp3) is 0.355. The predicted molar refractivity (Wildman–Crippen MR) is 150 cm³/mol. The molecule has 1 saturated carbocycles. The number of aliphatic hydroxyl groups is 1. The van der Waals surface area contributed by atoms with Crippen LogP contribution in [-0.2, 0) is 10.3 Å². The Kier molecular flexibility index (Phi) is 6.55. The summed E-state index contributed by atoms with van der Waals surface area (Å²) in [6.45, 7) is 6.98. The van der Waals surface area contributed by atoms with E-state index in [1.165, 1.54) is 9.80 Å². The van der Waals surface area contributed by atoms with Gasteiger partial charge in [0.1, 0.15) is 12.2 Å². The number of amides is 2. The van der Waals surface area contributed by atoms with Gasteiger partial charge in [0.2, 0.25) is 5.88 Å². The minimum absolute atomic E-state index is 0.112. The SMILES string of the molecule is CC(C)(C)N(C(=O)O)[C@]1(c2ccc(-c3nc4c(cc3-c3ccccc3)N(CC#N)C(=O)CO4)cc2)C[C@](C)(O)C1. The van der Waals surface area contributed by atoms with Gasteiger partial charge in [-0.3, -0.25) is 14.6 Å². The van der Waals surface area contributed by atoms with E-state index >= 15 is 0 Å². The predicted octanol–water partition coefficient (Wildman–Crippen LogP) is 5.18. The van der Waals surface area contributed by atoms with Crippen molar-refractivity contribution in [1.29, 1.82) is 5.26 Å². The number of hydrogen-bond acceptors (Lipinski definition) is 6. The summed E-state index contributed by atoms with van der Waals surface area (Å²) < 4.78 is 5.68. The standard InChI is InChI=1S/C31H32N4O5/c1-29(2,3)35(28(37)38)31(18-30(4,39)19-31)22-12-10-21(11-13-22)26-23(20-8-6-5-7-9-20)16-24-27(33-26)40-17-25(36)34(24)15-14-32/h5-13,16,39H,15,17-19H2,1-4H3,(H,37,38)/t30-,31+. The number of ether oxygens (including phenoxy) is 1. The van der Waals surface area contributed by atoms with Crippen molar-refractivity contribution >= 4 is 17.7 Å². The lowest BCUT2D eigenvalue weighted by Crippen LogP contribution is -2.67. The maximum absolute atomic E-state index is 12.5. The first-order valence-electron chi connectivity index (χ1n) is 13.1. The molecule has 9 heteroatoms. The van der Waals surface area contributed by atoms with Crippen LogP contribution in [0.5, 0.6) is 5.88 Å². The smallest absolute Gasteiger partial charge is 0.408 e. The van der Waals surface area contributed by atoms with Gasteiger partial charge in [0, 0.05) is 29.5 Å². The van der Waals surface area contributed by atoms with Gasteiger partial charge in [-0.2, -0.15) is 5.26 Å². The summed E-state index contributed by atoms with van der Waals surface area (Å²) in [4.78, 5) is 32.6. The Balaban J connectivity index is 1.63. The molecule has 1 aliphatic heterocycles. The number of pyridine rings is 1. The third-order valence-electron chi connectivity index (χ3n) is 7.54. The zero-order valence-corrected chi connectivity index (χ0v) is 23.0. The first kappa shape index (κ1) is 27.2. The van der Waals surface area contributed by atoms with Gasteiger partial charge in [-0.05, 0) is 44.9 Å². The topological polar surface area (TPSA) is 127 Å². The number of nitriles is 1. The highest BCUT2D eigenvalue weighted by Gasteiger charge is 2.59. The first-order chi connectivity index (χ1) is 18.9. The van der Waals surface area contributed by atoms with Crippen LogP contribution in [0.15, 0.2) is 60.7 Å². The van der Waals surface area contributed by atoms with E-state index in [2.05, 4.69) is 0 Å². The third-order valence-corrected chi connectivity index (χ3v) is 7.54. The van der Waals surface area contributed by atoms with Gasteiger partial charge in [-0.15, -0.1) is 0 Å². The number of carboxylic acid groups (broad SMARTS) is 1. The largest absolute Gasteiger partial charge is 0.466 e. The van der Waals surface area contributed by atoms with Crippen LogP contribution in [-0.4, -0.2) is 56.4 Å². The van der Waals surface area contributed by atoms with E-state index in [-0.39, 0.29) is 37.8 Å². The van der Waals surface area contributed by atoms with E-state index in [0.717, 1.165) is 22.3 Å². The molecule has 9 nitrogen and oxygen atoms in total. The molecule has 0 atom stereocenters. The van der Waals surface area contributed by atoms with Crippen molar-refractivity contribution in [1.82, 2.24) is 9.88 Å². The molecule has 2 aromatic carbocycles. The van der Waals surface area contributed by atoms with E-state index in [1.54, 1.807) is 6.92 Å². The maximum atomic E-state index is 12.5. The Bertz CT molecular complexity index is 1500. The van der Waals surface area contributed by atoms with Crippen LogP contribution < -0.4 is 9.64 Å². The van der Waals surface area contributed by atoms with E-state index in [1.807, 2.05) is 87.5 Å². The summed E-state index contributed by atoms with van der Waals surface area (Å²) >= 11 is 0. The minimum Gasteiger partial charge on any atom is -0.466 e. The lowest BCUT2D eigenvalue weighted by atomic mass is 9.60. The van der Waals surface area contributed by atoms with Gasteiger partial charge >= 0.3 is 6.09 Å². The van der Waals surface area contributed by atoms with Crippen molar-refractivity contribution < 1.29 is 24.5 Å². The number of nitrogens with zero attached hydrogens (tertiary/aromatic N) is 4. The highest BCUT2D eigenvalue weighted by Crippen LogP contribution is 2.54. The Morgan fingerprint density at radius 2 is 1.77 bits per heavy atom. The molecule has 0 saturated heterocycles. The average Bonchev–Trinajstić information content (AvgIpc) is 2.88. The summed E-state index contributed by atoms with van der Waals surface area (Å²) in [6.07, 6.45) is -0.471. The molecular formula is C31H32N4O5. The normalized spacial score (nSPS) is 22.0. The second-order valence-corrected chi connectivity index (χ2v) is 11.7. The monoisotopic (exact) mass is 540 g/mol. The van der Waals surface area contributed by atoms with Crippen LogP contribution in [0, 0.1) is 11.3 Å². The van der Waals surface area contributed by atoms with Gasteiger partial charge in [0.05, 0.1) is 22.9 Å². The molecular weight excluding hydrogens is 508 g/mol. The molecule has 2 N–H and O–H groups in total. The fourth-order valence-corrected chi connectivity index (χ4v) is 6.18. The summed E-state index contributed by atoms with van der Waals surface area (Å²) in [7, 11) is 0. The van der Waals surface area contributed by atoms with Crippen molar-refractivity contribution in [2.45, 2.75) is 57.2 Å². The molecule has 1 aliphatic carbocycles. The second kappa shape index (κ2) is 9.65. The second-order valence-electron chi connectivity index (χ2n) is 11.7. The van der Waals surface area contributed by atoms with Crippen LogP contribution in [0.25, 0.3) is 22.4 Å². The molecule has 206 valence electrons. The molecule has 2 aliphatic rings. The zero-order valence-electron chi connectivity index (χ0n) is 23.0. The molecule has 0 bridgehead atoms. The third kappa shape index (κ3) is 4.65. The number of anilines is 1. The first-order valence-corrected chi connectivity index (χ1v) is 13.1. The molecule has 2 heterocycles. The van der Waals surface area contributed by atoms with Crippen LogP contribution in [0.2, 0.25) is 0 Å². The highest BCUT2D eigenvalue weighted by molar-refractivity contribution is 5.99. The van der Waals surface area contributed by atoms with Gasteiger partial charge in [-0.1, -0.05) is 54.6 Å². The molecule has 0 spiro atoms. The Morgan fingerprint density at radius 3 is 2.33 bits per heavy atom. The molecule has 0 radical (unpaired) electrons. The van der Waals surface area contributed by atoms with Crippen LogP contribution in [0.4, 0.5) is 10.5 Å². The molecule has 1 fully saturated rings. The van der Waals surface area contributed by atoms with Crippen molar-refractivity contribution in [2.75, 3.05) is 18.1 Å². The number of benzene rings is 2. The Hall–Kier alpha value is -4.42. The van der Waals surface area contributed by atoms with Crippen LogP contribution >= 0.6 is 0 Å². The number of carbonyl (C=O) groups excluding carboxylic acids is 1. The van der Waals surface area contributed by atoms with Gasteiger partial charge in [0.25, 0.3) is 5.91 Å². The molecule has 2 amide bonds. The molecule has 0 unspecified atom stereocenters. The maximum Gasteiger partial charge on any atom is 0.408 e. The lowest BCUT2D eigenvalue weighted by Gasteiger charge is -2.60. The number of hydrogen-bond donors (Lipinski definition) is 2. The van der Waals surface area contributed by atoms with Crippen LogP contribution in [0.1, 0.15) is 46.1 Å². The van der Waals surface area contributed by atoms with Crippen molar-refractivity contribution in [3.63, 3.8) is 0 Å². The molecule has 3 aromatic rings.